The Labute approximate surface area is 155 Å². The van der Waals surface area contributed by atoms with E-state index in [0.29, 0.717) is 0 Å². The van der Waals surface area contributed by atoms with E-state index in [9.17, 15) is 0 Å². The standard InChI is InChI=1S/C24H49/c1-4-7-9-11-13-14-16-18-20-23-24(21-6-3)22-19-17-15-12-10-8-5-2/h24H,3-23H2,1-2H3. The van der Waals surface area contributed by atoms with E-state index < -0.39 is 0 Å². The second kappa shape index (κ2) is 21.0. The minimum Gasteiger partial charge on any atom is -0.0654 e. The Hall–Kier alpha value is 0. The second-order valence-corrected chi connectivity index (χ2v) is 8.04. The maximum absolute atomic E-state index is 4.10. The largest absolute Gasteiger partial charge is 0.0654 e. The second-order valence-electron chi connectivity index (χ2n) is 8.04. The molecular weight excluding hydrogens is 288 g/mol. The maximum Gasteiger partial charge on any atom is -0.0414 e. The van der Waals surface area contributed by atoms with E-state index in [1.807, 2.05) is 0 Å². The number of unbranched alkanes of at least 4 members (excludes halogenated alkanes) is 14. The fourth-order valence-electron chi connectivity index (χ4n) is 3.86. The van der Waals surface area contributed by atoms with Gasteiger partial charge in [0, 0.05) is 0 Å². The fourth-order valence-corrected chi connectivity index (χ4v) is 3.86. The topological polar surface area (TPSA) is 0 Å². The van der Waals surface area contributed by atoms with E-state index in [4.69, 9.17) is 0 Å². The normalized spacial score (nSPS) is 12.6. The Morgan fingerprint density at radius 1 is 0.458 bits per heavy atom. The zero-order valence-corrected chi connectivity index (χ0v) is 17.4. The van der Waals surface area contributed by atoms with Crippen molar-refractivity contribution in [3.63, 3.8) is 0 Å². The van der Waals surface area contributed by atoms with Gasteiger partial charge >= 0.3 is 0 Å². The van der Waals surface area contributed by atoms with E-state index in [-0.39, 0.29) is 0 Å². The van der Waals surface area contributed by atoms with Crippen LogP contribution in [0.5, 0.6) is 0 Å². The van der Waals surface area contributed by atoms with Crippen LogP contribution in [-0.4, -0.2) is 0 Å². The molecule has 0 fully saturated rings. The van der Waals surface area contributed by atoms with Crippen molar-refractivity contribution in [2.75, 3.05) is 0 Å². The van der Waals surface area contributed by atoms with Crippen LogP contribution in [0.3, 0.4) is 0 Å². The molecule has 0 heteroatoms. The molecule has 1 unspecified atom stereocenters. The lowest BCUT2D eigenvalue weighted by molar-refractivity contribution is 0.382. The fraction of sp³-hybridized carbons (Fsp3) is 0.958. The molecule has 0 amide bonds. The summed E-state index contributed by atoms with van der Waals surface area (Å²) in [4.78, 5) is 0. The van der Waals surface area contributed by atoms with E-state index in [2.05, 4.69) is 20.8 Å². The highest BCUT2D eigenvalue weighted by atomic mass is 14.1. The first-order valence-corrected chi connectivity index (χ1v) is 11.6. The van der Waals surface area contributed by atoms with E-state index in [1.54, 1.807) is 0 Å². The predicted octanol–water partition coefficient (Wildman–Crippen LogP) is 9.28. The summed E-state index contributed by atoms with van der Waals surface area (Å²) in [5.41, 5.74) is 0. The Kier molecular flexibility index (Phi) is 21.0. The summed E-state index contributed by atoms with van der Waals surface area (Å²) in [5.74, 6) is 0.975. The molecule has 0 bridgehead atoms. The third-order valence-corrected chi connectivity index (χ3v) is 5.54. The first kappa shape index (κ1) is 24.0. The molecule has 145 valence electrons. The van der Waals surface area contributed by atoms with Crippen LogP contribution in [0.1, 0.15) is 142 Å². The van der Waals surface area contributed by atoms with Crippen molar-refractivity contribution < 1.29 is 0 Å². The average Bonchev–Trinajstić information content (AvgIpc) is 2.59. The molecule has 0 saturated heterocycles. The van der Waals surface area contributed by atoms with Gasteiger partial charge in [0.15, 0.2) is 0 Å². The summed E-state index contributed by atoms with van der Waals surface area (Å²) in [7, 11) is 0. The molecule has 0 spiro atoms. The van der Waals surface area contributed by atoms with Crippen LogP contribution < -0.4 is 0 Å². The summed E-state index contributed by atoms with van der Waals surface area (Å²) >= 11 is 0. The SMILES string of the molecule is [CH2]CCC(CCCCCCCCC)CCCCCCCCCCC. The molecule has 0 saturated carbocycles. The minimum atomic E-state index is 0.975. The van der Waals surface area contributed by atoms with Crippen LogP contribution in [0.2, 0.25) is 0 Å². The third-order valence-electron chi connectivity index (χ3n) is 5.54. The molecule has 1 atom stereocenters. The molecule has 0 aliphatic rings. The average molecular weight is 338 g/mol. The van der Waals surface area contributed by atoms with Crippen molar-refractivity contribution in [3.05, 3.63) is 6.92 Å². The zero-order chi connectivity index (χ0) is 17.7. The molecule has 0 heterocycles. The molecule has 0 aliphatic heterocycles. The van der Waals surface area contributed by atoms with Crippen LogP contribution in [0.4, 0.5) is 0 Å². The van der Waals surface area contributed by atoms with Crippen LogP contribution in [0.25, 0.3) is 0 Å². The van der Waals surface area contributed by atoms with Crippen LogP contribution in [0.15, 0.2) is 0 Å². The lowest BCUT2D eigenvalue weighted by Gasteiger charge is -2.16. The van der Waals surface area contributed by atoms with E-state index in [1.165, 1.54) is 122 Å². The van der Waals surface area contributed by atoms with Crippen LogP contribution >= 0.6 is 0 Å². The number of rotatable bonds is 20. The van der Waals surface area contributed by atoms with Crippen LogP contribution in [0, 0.1) is 12.8 Å². The van der Waals surface area contributed by atoms with Crippen molar-refractivity contribution in [1.82, 2.24) is 0 Å². The van der Waals surface area contributed by atoms with Gasteiger partial charge in [-0.25, -0.2) is 0 Å². The van der Waals surface area contributed by atoms with Gasteiger partial charge in [0.05, 0.1) is 0 Å². The van der Waals surface area contributed by atoms with E-state index >= 15 is 0 Å². The van der Waals surface area contributed by atoms with Gasteiger partial charge in [-0.15, -0.1) is 0 Å². The lowest BCUT2D eigenvalue weighted by Crippen LogP contribution is -2.00. The molecule has 0 aromatic carbocycles. The number of hydrogen-bond acceptors (Lipinski definition) is 0. The molecular formula is C24H49. The van der Waals surface area contributed by atoms with Gasteiger partial charge in [-0.3, -0.25) is 0 Å². The van der Waals surface area contributed by atoms with Crippen molar-refractivity contribution in [3.8, 4) is 0 Å². The Morgan fingerprint density at radius 3 is 1.12 bits per heavy atom. The van der Waals surface area contributed by atoms with Gasteiger partial charge in [-0.05, 0) is 5.92 Å². The van der Waals surface area contributed by atoms with Gasteiger partial charge < -0.3 is 0 Å². The van der Waals surface area contributed by atoms with Gasteiger partial charge in [-0.1, -0.05) is 149 Å². The van der Waals surface area contributed by atoms with Gasteiger partial charge in [0.1, 0.15) is 0 Å². The monoisotopic (exact) mass is 337 g/mol. The molecule has 24 heavy (non-hydrogen) atoms. The van der Waals surface area contributed by atoms with Crippen molar-refractivity contribution in [2.24, 2.45) is 5.92 Å². The Balaban J connectivity index is 3.42. The first-order chi connectivity index (χ1) is 11.8. The van der Waals surface area contributed by atoms with Gasteiger partial charge in [0.2, 0.25) is 0 Å². The summed E-state index contributed by atoms with van der Waals surface area (Å²) in [6.07, 6.45) is 28.7. The third kappa shape index (κ3) is 18.3. The molecule has 0 aliphatic carbocycles. The highest BCUT2D eigenvalue weighted by molar-refractivity contribution is 4.62. The highest BCUT2D eigenvalue weighted by Gasteiger charge is 2.07. The molecule has 0 N–H and O–H groups in total. The molecule has 0 rings (SSSR count). The van der Waals surface area contributed by atoms with Crippen molar-refractivity contribution in [1.29, 1.82) is 0 Å². The Morgan fingerprint density at radius 2 is 0.792 bits per heavy atom. The first-order valence-electron chi connectivity index (χ1n) is 11.6. The van der Waals surface area contributed by atoms with Gasteiger partial charge in [0.25, 0.3) is 0 Å². The summed E-state index contributed by atoms with van der Waals surface area (Å²) in [6, 6.07) is 0. The molecule has 1 radical (unpaired) electrons. The minimum absolute atomic E-state index is 0.975. The molecule has 0 aromatic rings. The highest BCUT2D eigenvalue weighted by Crippen LogP contribution is 2.23. The van der Waals surface area contributed by atoms with E-state index in [0.717, 1.165) is 12.3 Å². The molecule has 0 nitrogen and oxygen atoms in total. The maximum atomic E-state index is 4.10. The van der Waals surface area contributed by atoms with Crippen molar-refractivity contribution in [2.45, 2.75) is 142 Å². The van der Waals surface area contributed by atoms with Crippen molar-refractivity contribution >= 4 is 0 Å². The molecule has 0 aromatic heterocycles. The zero-order valence-electron chi connectivity index (χ0n) is 17.4. The summed E-state index contributed by atoms with van der Waals surface area (Å²) in [5, 5.41) is 0. The quantitative estimate of drug-likeness (QED) is 0.194. The summed E-state index contributed by atoms with van der Waals surface area (Å²) < 4.78 is 0. The lowest BCUT2D eigenvalue weighted by atomic mass is 9.90. The Bertz CT molecular complexity index is 208. The van der Waals surface area contributed by atoms with Crippen LogP contribution in [-0.2, 0) is 0 Å². The smallest absolute Gasteiger partial charge is 0.0414 e. The summed E-state index contributed by atoms with van der Waals surface area (Å²) in [6.45, 7) is 8.70. The number of hydrogen-bond donors (Lipinski definition) is 0. The van der Waals surface area contributed by atoms with Gasteiger partial charge in [-0.2, -0.15) is 0 Å². The predicted molar refractivity (Wildman–Crippen MR) is 113 cm³/mol.